The first kappa shape index (κ1) is 25.6. The summed E-state index contributed by atoms with van der Waals surface area (Å²) in [5, 5.41) is 10.3. The molecule has 0 saturated heterocycles. The van der Waals surface area contributed by atoms with Crippen molar-refractivity contribution in [2.45, 2.75) is 65.3 Å². The highest BCUT2D eigenvalue weighted by molar-refractivity contribution is 5.74. The Hall–Kier alpha value is -0.990. The zero-order valence-corrected chi connectivity index (χ0v) is 20.4. The second-order valence-corrected chi connectivity index (χ2v) is 10.1. The van der Waals surface area contributed by atoms with Gasteiger partial charge in [-0.25, -0.2) is 0 Å². The van der Waals surface area contributed by atoms with Gasteiger partial charge in [0.2, 0.25) is 0 Å². The van der Waals surface area contributed by atoms with Crippen molar-refractivity contribution in [1.82, 2.24) is 0 Å². The molecule has 0 aliphatic heterocycles. The molecule has 7 nitrogen and oxygen atoms in total. The van der Waals surface area contributed by atoms with E-state index in [0.29, 0.717) is 25.0 Å². The molecule has 0 aromatic carbocycles. The Morgan fingerprint density at radius 2 is 1.97 bits per heavy atom. The molecule has 32 heavy (non-hydrogen) atoms. The summed E-state index contributed by atoms with van der Waals surface area (Å²) in [5.41, 5.74) is -0.257. The molecule has 1 N–H and O–H groups in total. The van der Waals surface area contributed by atoms with Gasteiger partial charge < -0.3 is 28.8 Å². The van der Waals surface area contributed by atoms with E-state index in [4.69, 9.17) is 23.7 Å². The molecule has 8 atom stereocenters. The highest BCUT2D eigenvalue weighted by Crippen LogP contribution is 2.60. The fourth-order valence-electron chi connectivity index (χ4n) is 6.59. The van der Waals surface area contributed by atoms with Gasteiger partial charge >= 0.3 is 5.97 Å². The van der Waals surface area contributed by atoms with E-state index in [1.54, 1.807) is 7.11 Å². The van der Waals surface area contributed by atoms with Gasteiger partial charge in [0.05, 0.1) is 32.3 Å². The number of methoxy groups -OCH3 is 2. The Kier molecular flexibility index (Phi) is 8.78. The van der Waals surface area contributed by atoms with Crippen LogP contribution >= 0.6 is 0 Å². The quantitative estimate of drug-likeness (QED) is 0.307. The summed E-state index contributed by atoms with van der Waals surface area (Å²) in [5.74, 6) is 0.354. The molecule has 0 aromatic heterocycles. The number of ether oxygens (including phenoxy) is 5. The van der Waals surface area contributed by atoms with Gasteiger partial charge in [-0.15, -0.1) is 0 Å². The van der Waals surface area contributed by atoms with E-state index >= 15 is 0 Å². The molecule has 3 rings (SSSR count). The van der Waals surface area contributed by atoms with Crippen molar-refractivity contribution in [3.05, 3.63) is 12.2 Å². The maximum Gasteiger partial charge on any atom is 0.311 e. The summed E-state index contributed by atoms with van der Waals surface area (Å²) in [6, 6.07) is 0. The predicted octanol–water partition coefficient (Wildman–Crippen LogP) is 3.54. The van der Waals surface area contributed by atoms with Crippen LogP contribution in [0.25, 0.3) is 0 Å². The van der Waals surface area contributed by atoms with Gasteiger partial charge in [0.25, 0.3) is 0 Å². The fraction of sp³-hybridized carbons (Fsp3) is 0.880. The largest absolute Gasteiger partial charge is 0.469 e. The van der Waals surface area contributed by atoms with Gasteiger partial charge in [-0.2, -0.15) is 0 Å². The van der Waals surface area contributed by atoms with Crippen LogP contribution in [-0.2, 0) is 28.5 Å². The minimum Gasteiger partial charge on any atom is -0.469 e. The Bertz CT molecular complexity index is 652. The van der Waals surface area contributed by atoms with Crippen LogP contribution in [0.5, 0.6) is 0 Å². The van der Waals surface area contributed by atoms with Gasteiger partial charge in [-0.1, -0.05) is 19.1 Å². The number of carbonyl (C=O) groups excluding carboxylic acids is 1. The maximum atomic E-state index is 12.8. The zero-order valence-electron chi connectivity index (χ0n) is 20.4. The van der Waals surface area contributed by atoms with Crippen LogP contribution in [0.3, 0.4) is 0 Å². The van der Waals surface area contributed by atoms with Crippen molar-refractivity contribution >= 4 is 5.97 Å². The normalized spacial score (nSPS) is 39.8. The van der Waals surface area contributed by atoms with E-state index in [-0.39, 0.29) is 54.4 Å². The molecule has 184 valence electrons. The Morgan fingerprint density at radius 3 is 2.62 bits per heavy atom. The van der Waals surface area contributed by atoms with Crippen LogP contribution in [0.15, 0.2) is 12.2 Å². The summed E-state index contributed by atoms with van der Waals surface area (Å²) >= 11 is 0. The average molecular weight is 455 g/mol. The molecule has 2 fully saturated rings. The number of aliphatic hydroxyl groups is 1. The van der Waals surface area contributed by atoms with Crippen LogP contribution in [0.4, 0.5) is 0 Å². The van der Waals surface area contributed by atoms with E-state index in [0.717, 1.165) is 32.1 Å². The van der Waals surface area contributed by atoms with E-state index in [9.17, 15) is 9.90 Å². The second kappa shape index (κ2) is 11.0. The van der Waals surface area contributed by atoms with Crippen LogP contribution in [0, 0.1) is 34.5 Å². The van der Waals surface area contributed by atoms with E-state index in [2.05, 4.69) is 19.1 Å². The number of fused-ring (bicyclic) bond motifs is 3. The van der Waals surface area contributed by atoms with Crippen LogP contribution in [-0.4, -0.2) is 64.3 Å². The lowest BCUT2D eigenvalue weighted by Gasteiger charge is -2.58. The monoisotopic (exact) mass is 454 g/mol. The lowest BCUT2D eigenvalue weighted by atomic mass is 9.47. The third kappa shape index (κ3) is 5.07. The van der Waals surface area contributed by atoms with Crippen molar-refractivity contribution in [2.24, 2.45) is 34.5 Å². The summed E-state index contributed by atoms with van der Waals surface area (Å²) in [4.78, 5) is 12.8. The van der Waals surface area contributed by atoms with Crippen molar-refractivity contribution in [3.63, 3.8) is 0 Å². The third-order valence-corrected chi connectivity index (χ3v) is 8.33. The smallest absolute Gasteiger partial charge is 0.311 e. The fourth-order valence-corrected chi connectivity index (χ4v) is 6.59. The summed E-state index contributed by atoms with van der Waals surface area (Å²) in [7, 11) is 3.05. The lowest BCUT2D eigenvalue weighted by molar-refractivity contribution is -0.183. The van der Waals surface area contributed by atoms with Crippen LogP contribution in [0.1, 0.15) is 52.9 Å². The molecular formula is C25H42O7. The Balaban J connectivity index is 1.79. The first-order chi connectivity index (χ1) is 15.3. The van der Waals surface area contributed by atoms with Gasteiger partial charge in [-0.05, 0) is 69.1 Å². The summed E-state index contributed by atoms with van der Waals surface area (Å²) in [6.45, 7) is 7.59. The molecule has 7 heteroatoms. The molecule has 0 radical (unpaired) electrons. The molecule has 1 unspecified atom stereocenters. The van der Waals surface area contributed by atoms with Crippen molar-refractivity contribution in [1.29, 1.82) is 0 Å². The first-order valence-corrected chi connectivity index (χ1v) is 12.0. The topological polar surface area (TPSA) is 83.5 Å². The molecule has 2 saturated carbocycles. The average Bonchev–Trinajstić information content (AvgIpc) is 2.80. The first-order valence-electron chi connectivity index (χ1n) is 12.0. The zero-order chi connectivity index (χ0) is 23.4. The minimum atomic E-state index is -0.328. The number of hydrogen-bond acceptors (Lipinski definition) is 7. The molecule has 0 bridgehead atoms. The van der Waals surface area contributed by atoms with Gasteiger partial charge in [0.1, 0.15) is 6.79 Å². The van der Waals surface area contributed by atoms with Crippen molar-refractivity contribution in [3.8, 4) is 0 Å². The molecule has 0 aromatic rings. The third-order valence-electron chi connectivity index (χ3n) is 8.33. The molecule has 3 aliphatic rings. The van der Waals surface area contributed by atoms with Gasteiger partial charge in [0.15, 0.2) is 6.29 Å². The second-order valence-electron chi connectivity index (χ2n) is 10.1. The maximum absolute atomic E-state index is 12.8. The van der Waals surface area contributed by atoms with Crippen LogP contribution < -0.4 is 0 Å². The Labute approximate surface area is 192 Å². The summed E-state index contributed by atoms with van der Waals surface area (Å²) < 4.78 is 27.7. The molecule has 0 amide bonds. The minimum absolute atomic E-state index is 0.00765. The van der Waals surface area contributed by atoms with E-state index in [1.807, 2.05) is 13.8 Å². The number of hydrogen-bond donors (Lipinski definition) is 1. The number of aliphatic hydroxyl groups excluding tert-OH is 1. The lowest BCUT2D eigenvalue weighted by Crippen LogP contribution is -2.56. The number of rotatable bonds is 10. The standard InChI is InChI=1S/C25H42O7/c1-6-30-17(2)31-15-25(14-26)12-9-19-18(13-25)7-8-20-22(23(27)29-5)21(32-16-28-4)10-11-24(19,20)3/h7-8,17-22,26H,6,9-16H2,1-5H3/t17?,18-,19-,20+,21+,22+,24-,25-/m1/s1. The molecule has 3 aliphatic carbocycles. The highest BCUT2D eigenvalue weighted by atomic mass is 16.7. The van der Waals surface area contributed by atoms with E-state index in [1.165, 1.54) is 7.11 Å². The van der Waals surface area contributed by atoms with Crippen LogP contribution in [0.2, 0.25) is 0 Å². The molecule has 0 spiro atoms. The Morgan fingerprint density at radius 1 is 1.19 bits per heavy atom. The summed E-state index contributed by atoms with van der Waals surface area (Å²) in [6.07, 6.45) is 8.64. The number of carbonyl (C=O) groups is 1. The van der Waals surface area contributed by atoms with Crippen molar-refractivity contribution in [2.75, 3.05) is 40.8 Å². The van der Waals surface area contributed by atoms with Gasteiger partial charge in [0, 0.05) is 19.1 Å². The van der Waals surface area contributed by atoms with E-state index < -0.39 is 0 Å². The predicted molar refractivity (Wildman–Crippen MR) is 120 cm³/mol. The van der Waals surface area contributed by atoms with Crippen molar-refractivity contribution < 1.29 is 33.6 Å². The SMILES string of the molecule is CCOC(C)OC[C@]1(CO)CC[C@@H]2[C@H](C=C[C@H]3[C@H](C(=O)OC)[C@@H](OCOC)CC[C@]23C)C1. The number of allylic oxidation sites excluding steroid dienone is 2. The number of esters is 1. The van der Waals surface area contributed by atoms with Gasteiger partial charge in [-0.3, -0.25) is 4.79 Å². The molecule has 0 heterocycles. The molecular weight excluding hydrogens is 412 g/mol. The highest BCUT2D eigenvalue weighted by Gasteiger charge is 2.57.